The second-order valence-corrected chi connectivity index (χ2v) is 4.02. The normalized spacial score (nSPS) is 11.0. The molecular formula is C13H10ClNO3. The molecule has 0 radical (unpaired) electrons. The van der Waals surface area contributed by atoms with Crippen LogP contribution < -0.4 is 0 Å². The van der Waals surface area contributed by atoms with Gasteiger partial charge in [-0.15, -0.1) is 0 Å². The molecule has 0 atom stereocenters. The van der Waals surface area contributed by atoms with Gasteiger partial charge in [-0.1, -0.05) is 29.8 Å². The fraction of sp³-hybridized carbons (Fsp3) is 0.0769. The van der Waals surface area contributed by atoms with Gasteiger partial charge in [0.25, 0.3) is 0 Å². The van der Waals surface area contributed by atoms with Gasteiger partial charge in [-0.3, -0.25) is 0 Å². The minimum atomic E-state index is -1.10. The van der Waals surface area contributed by atoms with Gasteiger partial charge < -0.3 is 9.52 Å². The molecular weight excluding hydrogens is 254 g/mol. The summed E-state index contributed by atoms with van der Waals surface area (Å²) in [6.07, 6.45) is 3.31. The van der Waals surface area contributed by atoms with Crippen LogP contribution in [0.4, 0.5) is 0 Å². The van der Waals surface area contributed by atoms with Crippen molar-refractivity contribution in [1.82, 2.24) is 4.98 Å². The van der Waals surface area contributed by atoms with Crippen LogP contribution in [0.1, 0.15) is 27.7 Å². The van der Waals surface area contributed by atoms with Gasteiger partial charge in [-0.05, 0) is 24.6 Å². The maximum atomic E-state index is 10.8. The minimum absolute atomic E-state index is 0.0752. The zero-order chi connectivity index (χ0) is 13.1. The summed E-state index contributed by atoms with van der Waals surface area (Å²) >= 11 is 5.98. The van der Waals surface area contributed by atoms with E-state index in [1.54, 1.807) is 25.1 Å². The van der Waals surface area contributed by atoms with Crippen molar-refractivity contribution in [3.63, 3.8) is 0 Å². The number of hydrogen-bond donors (Lipinski definition) is 1. The molecule has 0 amide bonds. The van der Waals surface area contributed by atoms with E-state index in [0.29, 0.717) is 5.02 Å². The summed E-state index contributed by atoms with van der Waals surface area (Å²) in [5, 5.41) is 9.45. The first-order valence-electron chi connectivity index (χ1n) is 5.21. The number of aromatic nitrogens is 1. The van der Waals surface area contributed by atoms with Crippen molar-refractivity contribution in [2.45, 2.75) is 6.92 Å². The van der Waals surface area contributed by atoms with E-state index in [-0.39, 0.29) is 17.3 Å². The molecule has 1 aromatic carbocycles. The Kier molecular flexibility index (Phi) is 3.48. The van der Waals surface area contributed by atoms with Crippen LogP contribution >= 0.6 is 11.6 Å². The van der Waals surface area contributed by atoms with Gasteiger partial charge in [0, 0.05) is 11.1 Å². The van der Waals surface area contributed by atoms with Crippen molar-refractivity contribution in [2.24, 2.45) is 0 Å². The summed E-state index contributed by atoms with van der Waals surface area (Å²) in [5.41, 5.74) is 0.737. The van der Waals surface area contributed by atoms with E-state index in [1.807, 2.05) is 18.2 Å². The van der Waals surface area contributed by atoms with Crippen molar-refractivity contribution in [2.75, 3.05) is 0 Å². The summed E-state index contributed by atoms with van der Waals surface area (Å²) in [6.45, 7) is 1.56. The smallest absolute Gasteiger partial charge is 0.358 e. The number of carboxylic acids is 1. The van der Waals surface area contributed by atoms with Crippen LogP contribution in [0.2, 0.25) is 5.02 Å². The Labute approximate surface area is 109 Å². The molecule has 0 aliphatic heterocycles. The predicted octanol–water partition coefficient (Wildman–Crippen LogP) is 3.51. The van der Waals surface area contributed by atoms with E-state index >= 15 is 0 Å². The van der Waals surface area contributed by atoms with Gasteiger partial charge in [0.2, 0.25) is 5.89 Å². The Bertz CT molecular complexity index is 616. The molecule has 1 aromatic heterocycles. The maximum absolute atomic E-state index is 10.8. The lowest BCUT2D eigenvalue weighted by Crippen LogP contribution is -1.98. The van der Waals surface area contributed by atoms with Gasteiger partial charge in [0.15, 0.2) is 5.69 Å². The number of oxazole rings is 1. The number of halogens is 1. The summed E-state index contributed by atoms with van der Waals surface area (Å²) in [5.74, 6) is -0.584. The zero-order valence-electron chi connectivity index (χ0n) is 9.55. The fourth-order valence-electron chi connectivity index (χ4n) is 1.46. The lowest BCUT2D eigenvalue weighted by atomic mass is 10.2. The van der Waals surface area contributed by atoms with E-state index in [0.717, 1.165) is 5.56 Å². The van der Waals surface area contributed by atoms with E-state index in [1.165, 1.54) is 0 Å². The van der Waals surface area contributed by atoms with Gasteiger partial charge in [0.05, 0.1) is 0 Å². The first-order chi connectivity index (χ1) is 8.58. The molecule has 18 heavy (non-hydrogen) atoms. The second-order valence-electron chi connectivity index (χ2n) is 3.62. The number of benzene rings is 1. The summed E-state index contributed by atoms with van der Waals surface area (Å²) in [6, 6.07) is 7.30. The highest BCUT2D eigenvalue weighted by molar-refractivity contribution is 6.32. The molecule has 0 aliphatic rings. The SMILES string of the molecule is Cc1oc(C=Cc2ccccc2Cl)nc1C(=O)O. The molecule has 0 unspecified atom stereocenters. The Balaban J connectivity index is 2.27. The van der Waals surface area contributed by atoms with Gasteiger partial charge in [-0.25, -0.2) is 9.78 Å². The maximum Gasteiger partial charge on any atom is 0.358 e. The number of aromatic carboxylic acids is 1. The molecule has 5 heteroatoms. The summed E-state index contributed by atoms with van der Waals surface area (Å²) in [7, 11) is 0. The molecule has 0 saturated carbocycles. The predicted molar refractivity (Wildman–Crippen MR) is 68.6 cm³/mol. The Morgan fingerprint density at radius 3 is 2.72 bits per heavy atom. The number of aryl methyl sites for hydroxylation is 1. The third kappa shape index (κ3) is 2.60. The molecule has 4 nitrogen and oxygen atoms in total. The molecule has 2 aromatic rings. The molecule has 92 valence electrons. The zero-order valence-corrected chi connectivity index (χ0v) is 10.3. The van der Waals surface area contributed by atoms with Crippen LogP contribution in [0.3, 0.4) is 0 Å². The Morgan fingerprint density at radius 2 is 2.11 bits per heavy atom. The van der Waals surface area contributed by atoms with Crippen LogP contribution in [0.15, 0.2) is 28.7 Å². The minimum Gasteiger partial charge on any atom is -0.476 e. The highest BCUT2D eigenvalue weighted by atomic mass is 35.5. The van der Waals surface area contributed by atoms with Gasteiger partial charge in [-0.2, -0.15) is 0 Å². The molecule has 0 saturated heterocycles. The fourth-order valence-corrected chi connectivity index (χ4v) is 1.66. The average Bonchev–Trinajstić information content (AvgIpc) is 2.70. The average molecular weight is 264 g/mol. The number of nitrogens with zero attached hydrogens (tertiary/aromatic N) is 1. The third-order valence-electron chi connectivity index (χ3n) is 2.33. The van der Waals surface area contributed by atoms with Crippen LogP contribution in [-0.2, 0) is 0 Å². The lowest BCUT2D eigenvalue weighted by molar-refractivity contribution is 0.0689. The second kappa shape index (κ2) is 5.06. The Hall–Kier alpha value is -2.07. The standard InChI is InChI=1S/C13H10ClNO3/c1-8-12(13(16)17)15-11(18-8)7-6-9-4-2-3-5-10(9)14/h2-7H,1H3,(H,16,17). The summed E-state index contributed by atoms with van der Waals surface area (Å²) < 4.78 is 5.22. The molecule has 0 fully saturated rings. The largest absolute Gasteiger partial charge is 0.476 e. The first-order valence-corrected chi connectivity index (χ1v) is 5.59. The molecule has 0 aliphatic carbocycles. The van der Waals surface area contributed by atoms with Crippen LogP contribution in [-0.4, -0.2) is 16.1 Å². The van der Waals surface area contributed by atoms with Crippen LogP contribution in [0, 0.1) is 6.92 Å². The van der Waals surface area contributed by atoms with E-state index < -0.39 is 5.97 Å². The molecule has 1 heterocycles. The highest BCUT2D eigenvalue weighted by Crippen LogP contribution is 2.18. The van der Waals surface area contributed by atoms with Crippen molar-refractivity contribution in [3.8, 4) is 0 Å². The van der Waals surface area contributed by atoms with Crippen LogP contribution in [0.25, 0.3) is 12.2 Å². The van der Waals surface area contributed by atoms with Crippen molar-refractivity contribution < 1.29 is 14.3 Å². The van der Waals surface area contributed by atoms with Crippen molar-refractivity contribution >= 4 is 29.7 Å². The van der Waals surface area contributed by atoms with E-state index in [4.69, 9.17) is 21.1 Å². The van der Waals surface area contributed by atoms with Gasteiger partial charge in [0.1, 0.15) is 5.76 Å². The number of hydrogen-bond acceptors (Lipinski definition) is 3. The van der Waals surface area contributed by atoms with Crippen molar-refractivity contribution in [1.29, 1.82) is 0 Å². The molecule has 2 rings (SSSR count). The number of carbonyl (C=O) groups is 1. The first kappa shape index (κ1) is 12.4. The molecule has 1 N–H and O–H groups in total. The molecule has 0 bridgehead atoms. The number of rotatable bonds is 3. The van der Waals surface area contributed by atoms with Crippen molar-refractivity contribution in [3.05, 3.63) is 52.2 Å². The lowest BCUT2D eigenvalue weighted by Gasteiger charge is -1.94. The summed E-state index contributed by atoms with van der Waals surface area (Å²) in [4.78, 5) is 14.7. The van der Waals surface area contributed by atoms with Gasteiger partial charge >= 0.3 is 5.97 Å². The number of carboxylic acid groups (broad SMARTS) is 1. The topological polar surface area (TPSA) is 63.3 Å². The third-order valence-corrected chi connectivity index (χ3v) is 2.67. The van der Waals surface area contributed by atoms with Crippen LogP contribution in [0.5, 0.6) is 0 Å². The monoisotopic (exact) mass is 263 g/mol. The van der Waals surface area contributed by atoms with E-state index in [9.17, 15) is 4.79 Å². The quantitative estimate of drug-likeness (QED) is 0.920. The Morgan fingerprint density at radius 1 is 1.39 bits per heavy atom. The van der Waals surface area contributed by atoms with E-state index in [2.05, 4.69) is 4.98 Å². The highest BCUT2D eigenvalue weighted by Gasteiger charge is 2.14. The molecule has 0 spiro atoms.